The molecule has 2 amide bonds. The van der Waals surface area contributed by atoms with Gasteiger partial charge in [0.25, 0.3) is 0 Å². The molecule has 1 N–H and O–H groups in total. The zero-order valence-electron chi connectivity index (χ0n) is 19.2. The van der Waals surface area contributed by atoms with E-state index in [4.69, 9.17) is 9.47 Å². The van der Waals surface area contributed by atoms with E-state index in [0.29, 0.717) is 50.6 Å². The molecule has 2 aliphatic heterocycles. The Morgan fingerprint density at radius 2 is 1.88 bits per heavy atom. The van der Waals surface area contributed by atoms with Crippen molar-refractivity contribution >= 4 is 12.0 Å². The molecule has 9 heteroatoms. The smallest absolute Gasteiger partial charge is 0.409 e. The third-order valence-corrected chi connectivity index (χ3v) is 6.23. The standard InChI is InChI=1S/C23H34FN3O5/c1-4-31-22(29)25-9-7-19(8-10-25)27-12-11-26(18(3)28)14-23(30,15-27)16-32-20-5-6-21(24)17(2)13-20/h5-6,13,19,30H,4,7-12,14-16H2,1-3H3. The molecule has 1 aromatic carbocycles. The first-order valence-corrected chi connectivity index (χ1v) is 11.2. The minimum Gasteiger partial charge on any atom is -0.490 e. The van der Waals surface area contributed by atoms with Gasteiger partial charge in [0.2, 0.25) is 5.91 Å². The number of hydrogen-bond donors (Lipinski definition) is 1. The van der Waals surface area contributed by atoms with Crippen LogP contribution in [0.5, 0.6) is 5.75 Å². The second kappa shape index (κ2) is 10.5. The highest BCUT2D eigenvalue weighted by molar-refractivity contribution is 5.73. The second-order valence-electron chi connectivity index (χ2n) is 8.75. The Hall–Kier alpha value is -2.39. The van der Waals surface area contributed by atoms with Crippen molar-refractivity contribution in [2.24, 2.45) is 0 Å². The fourth-order valence-corrected chi connectivity index (χ4v) is 4.42. The van der Waals surface area contributed by atoms with E-state index in [-0.39, 0.29) is 37.0 Å². The third kappa shape index (κ3) is 6.10. The van der Waals surface area contributed by atoms with Crippen LogP contribution in [0, 0.1) is 12.7 Å². The normalized spacial score (nSPS) is 23.0. The highest BCUT2D eigenvalue weighted by atomic mass is 19.1. The monoisotopic (exact) mass is 451 g/mol. The number of aryl methyl sites for hydroxylation is 1. The fourth-order valence-electron chi connectivity index (χ4n) is 4.42. The SMILES string of the molecule is CCOC(=O)N1CCC(N2CCN(C(C)=O)CC(O)(COc3ccc(F)c(C)c3)C2)CC1. The number of benzene rings is 1. The zero-order valence-corrected chi connectivity index (χ0v) is 19.2. The maximum Gasteiger partial charge on any atom is 0.409 e. The van der Waals surface area contributed by atoms with Crippen molar-refractivity contribution in [1.82, 2.24) is 14.7 Å². The Morgan fingerprint density at radius 1 is 1.16 bits per heavy atom. The molecule has 1 aromatic rings. The lowest BCUT2D eigenvalue weighted by Gasteiger charge is -2.40. The number of rotatable bonds is 5. The van der Waals surface area contributed by atoms with Crippen molar-refractivity contribution < 1.29 is 28.6 Å². The molecule has 2 fully saturated rings. The summed E-state index contributed by atoms with van der Waals surface area (Å²) in [6.07, 6.45) is 1.25. The lowest BCUT2D eigenvalue weighted by atomic mass is 9.99. The number of piperidine rings is 1. The van der Waals surface area contributed by atoms with Gasteiger partial charge in [0.15, 0.2) is 0 Å². The van der Waals surface area contributed by atoms with Gasteiger partial charge in [-0.25, -0.2) is 9.18 Å². The van der Waals surface area contributed by atoms with Crippen molar-refractivity contribution in [3.63, 3.8) is 0 Å². The van der Waals surface area contributed by atoms with Crippen molar-refractivity contribution in [1.29, 1.82) is 0 Å². The average molecular weight is 452 g/mol. The van der Waals surface area contributed by atoms with Crippen LogP contribution in [0.15, 0.2) is 18.2 Å². The summed E-state index contributed by atoms with van der Waals surface area (Å²) in [5, 5.41) is 11.4. The zero-order chi connectivity index (χ0) is 23.3. The van der Waals surface area contributed by atoms with Crippen LogP contribution in [-0.2, 0) is 9.53 Å². The van der Waals surface area contributed by atoms with Crippen LogP contribution in [0.25, 0.3) is 0 Å². The molecule has 0 saturated carbocycles. The second-order valence-corrected chi connectivity index (χ2v) is 8.75. The molecule has 1 unspecified atom stereocenters. The van der Waals surface area contributed by atoms with E-state index in [2.05, 4.69) is 4.90 Å². The van der Waals surface area contributed by atoms with Gasteiger partial charge in [0.05, 0.1) is 13.2 Å². The van der Waals surface area contributed by atoms with Crippen LogP contribution in [0.2, 0.25) is 0 Å². The van der Waals surface area contributed by atoms with Gasteiger partial charge in [-0.3, -0.25) is 9.69 Å². The van der Waals surface area contributed by atoms with E-state index in [0.717, 1.165) is 12.8 Å². The first kappa shape index (κ1) is 24.3. The number of nitrogens with zero attached hydrogens (tertiary/aromatic N) is 3. The van der Waals surface area contributed by atoms with Crippen LogP contribution in [-0.4, -0.2) is 95.9 Å². The molecule has 2 aliphatic rings. The lowest BCUT2D eigenvalue weighted by Crippen LogP contribution is -2.55. The Bertz CT molecular complexity index is 815. The summed E-state index contributed by atoms with van der Waals surface area (Å²) in [6.45, 7) is 8.16. The molecule has 32 heavy (non-hydrogen) atoms. The van der Waals surface area contributed by atoms with Crippen LogP contribution < -0.4 is 4.74 Å². The summed E-state index contributed by atoms with van der Waals surface area (Å²) in [4.78, 5) is 29.7. The molecular formula is C23H34FN3O5. The summed E-state index contributed by atoms with van der Waals surface area (Å²) in [5.41, 5.74) is -0.807. The van der Waals surface area contributed by atoms with Crippen LogP contribution in [0.4, 0.5) is 9.18 Å². The molecule has 178 valence electrons. The van der Waals surface area contributed by atoms with Gasteiger partial charge in [0, 0.05) is 45.7 Å². The number of β-amino-alcohol motifs (C(OH)–C–C–N with tert-alkyl or cyclic N) is 1. The largest absolute Gasteiger partial charge is 0.490 e. The van der Waals surface area contributed by atoms with E-state index in [1.807, 2.05) is 0 Å². The number of likely N-dealkylation sites (tertiary alicyclic amines) is 1. The third-order valence-electron chi connectivity index (χ3n) is 6.23. The molecule has 1 atom stereocenters. The highest BCUT2D eigenvalue weighted by Gasteiger charge is 2.39. The minimum atomic E-state index is -1.28. The predicted octanol–water partition coefficient (Wildman–Crippen LogP) is 2.03. The van der Waals surface area contributed by atoms with Crippen LogP contribution in [0.3, 0.4) is 0 Å². The van der Waals surface area contributed by atoms with E-state index in [1.165, 1.54) is 19.1 Å². The molecule has 2 saturated heterocycles. The minimum absolute atomic E-state index is 0.0139. The Balaban J connectivity index is 1.67. The number of aliphatic hydroxyl groups is 1. The molecule has 0 aromatic heterocycles. The topological polar surface area (TPSA) is 82.6 Å². The molecular weight excluding hydrogens is 417 g/mol. The average Bonchev–Trinajstić information content (AvgIpc) is 2.95. The van der Waals surface area contributed by atoms with Crippen molar-refractivity contribution in [2.75, 3.05) is 52.5 Å². The van der Waals surface area contributed by atoms with Crippen molar-refractivity contribution in [3.05, 3.63) is 29.6 Å². The number of ether oxygens (including phenoxy) is 2. The predicted molar refractivity (Wildman–Crippen MR) is 117 cm³/mol. The van der Waals surface area contributed by atoms with Crippen molar-refractivity contribution in [2.45, 2.75) is 45.3 Å². The molecule has 0 bridgehead atoms. The van der Waals surface area contributed by atoms with Gasteiger partial charge < -0.3 is 24.4 Å². The van der Waals surface area contributed by atoms with Crippen molar-refractivity contribution in [3.8, 4) is 5.75 Å². The van der Waals surface area contributed by atoms with Gasteiger partial charge in [-0.1, -0.05) is 0 Å². The van der Waals surface area contributed by atoms with Crippen LogP contribution >= 0.6 is 0 Å². The fraction of sp³-hybridized carbons (Fsp3) is 0.652. The first-order valence-electron chi connectivity index (χ1n) is 11.2. The number of halogens is 1. The molecule has 0 aliphatic carbocycles. The van der Waals surface area contributed by atoms with E-state index in [1.54, 1.807) is 29.7 Å². The lowest BCUT2D eigenvalue weighted by molar-refractivity contribution is -0.132. The van der Waals surface area contributed by atoms with E-state index >= 15 is 0 Å². The van der Waals surface area contributed by atoms with Gasteiger partial charge in [-0.2, -0.15) is 0 Å². The van der Waals surface area contributed by atoms with Crippen LogP contribution in [0.1, 0.15) is 32.3 Å². The number of carbonyl (C=O) groups excluding carboxylic acids is 2. The van der Waals surface area contributed by atoms with E-state index in [9.17, 15) is 19.1 Å². The summed E-state index contributed by atoms with van der Waals surface area (Å²) >= 11 is 0. The van der Waals surface area contributed by atoms with E-state index < -0.39 is 5.60 Å². The van der Waals surface area contributed by atoms with Gasteiger partial charge >= 0.3 is 6.09 Å². The van der Waals surface area contributed by atoms with Gasteiger partial charge in [-0.05, 0) is 50.5 Å². The Kier molecular flexibility index (Phi) is 7.95. The quantitative estimate of drug-likeness (QED) is 0.738. The summed E-state index contributed by atoms with van der Waals surface area (Å²) in [6, 6.07) is 4.66. The van der Waals surface area contributed by atoms with Gasteiger partial charge in [-0.15, -0.1) is 0 Å². The molecule has 0 radical (unpaired) electrons. The molecule has 0 spiro atoms. The molecule has 3 rings (SSSR count). The maximum absolute atomic E-state index is 13.6. The highest BCUT2D eigenvalue weighted by Crippen LogP contribution is 2.24. The first-order chi connectivity index (χ1) is 15.2. The summed E-state index contributed by atoms with van der Waals surface area (Å²) in [5.74, 6) is 0.0684. The number of amides is 2. The number of carbonyl (C=O) groups is 2. The molecule has 8 nitrogen and oxygen atoms in total. The maximum atomic E-state index is 13.6. The number of hydrogen-bond acceptors (Lipinski definition) is 6. The Labute approximate surface area is 188 Å². The Morgan fingerprint density at radius 3 is 2.50 bits per heavy atom. The summed E-state index contributed by atoms with van der Waals surface area (Å²) < 4.78 is 24.5. The van der Waals surface area contributed by atoms with Gasteiger partial charge in [0.1, 0.15) is 23.8 Å². The molecule has 2 heterocycles. The summed E-state index contributed by atoms with van der Waals surface area (Å²) in [7, 11) is 0.